The van der Waals surface area contributed by atoms with Gasteiger partial charge in [-0.2, -0.15) is 0 Å². The smallest absolute Gasteiger partial charge is 0.326 e. The van der Waals surface area contributed by atoms with Crippen LogP contribution in [0.15, 0.2) is 0 Å². The molecular weight excluding hydrogens is 292 g/mol. The minimum Gasteiger partial charge on any atom is -0.480 e. The first-order chi connectivity index (χ1) is 9.11. The van der Waals surface area contributed by atoms with Crippen molar-refractivity contribution in [3.63, 3.8) is 0 Å². The van der Waals surface area contributed by atoms with E-state index < -0.39 is 34.0 Å². The van der Waals surface area contributed by atoms with Crippen molar-refractivity contribution in [2.24, 2.45) is 5.73 Å². The predicted octanol–water partition coefficient (Wildman–Crippen LogP) is -2.45. The lowest BCUT2D eigenvalue weighted by molar-refractivity contribution is -0.139. The van der Waals surface area contributed by atoms with Gasteiger partial charge in [-0.3, -0.25) is 4.79 Å². The fraction of sp³-hybridized carbons (Fsp3) is 0.667. The zero-order chi connectivity index (χ0) is 15.8. The van der Waals surface area contributed by atoms with Crippen LogP contribution >= 0.6 is 0 Å². The largest absolute Gasteiger partial charge is 0.480 e. The van der Waals surface area contributed by atoms with Gasteiger partial charge in [0, 0.05) is 19.5 Å². The van der Waals surface area contributed by atoms with Gasteiger partial charge in [0.25, 0.3) is 0 Å². The van der Waals surface area contributed by atoms with Crippen LogP contribution in [-0.2, 0) is 19.6 Å². The minimum absolute atomic E-state index is 0.0128. The van der Waals surface area contributed by atoms with E-state index in [1.165, 1.54) is 0 Å². The number of urea groups is 1. The normalized spacial score (nSPS) is 12.4. The maximum absolute atomic E-state index is 11.3. The molecule has 0 aliphatic heterocycles. The lowest BCUT2D eigenvalue weighted by Crippen LogP contribution is -2.47. The van der Waals surface area contributed by atoms with Crippen molar-refractivity contribution < 1.29 is 27.9 Å². The Morgan fingerprint density at radius 2 is 1.85 bits per heavy atom. The second kappa shape index (κ2) is 8.32. The zero-order valence-corrected chi connectivity index (χ0v) is 11.7. The summed E-state index contributed by atoms with van der Waals surface area (Å²) < 4.78 is 23.6. The molecule has 0 aliphatic rings. The highest BCUT2D eigenvalue weighted by molar-refractivity contribution is 7.88. The molecule has 0 spiro atoms. The fourth-order valence-electron chi connectivity index (χ4n) is 1.17. The Bertz CT molecular complexity index is 463. The van der Waals surface area contributed by atoms with Crippen LogP contribution in [0, 0.1) is 0 Å². The average Bonchev–Trinajstić information content (AvgIpc) is 2.28. The summed E-state index contributed by atoms with van der Waals surface area (Å²) in [6.07, 6.45) is 0.671. The number of carboxylic acid groups (broad SMARTS) is 1. The van der Waals surface area contributed by atoms with Crippen LogP contribution in [0.1, 0.15) is 12.8 Å². The maximum Gasteiger partial charge on any atom is 0.326 e. The number of rotatable bonds is 9. The van der Waals surface area contributed by atoms with E-state index in [0.717, 1.165) is 6.26 Å². The van der Waals surface area contributed by atoms with Crippen LogP contribution in [0.5, 0.6) is 0 Å². The lowest BCUT2D eigenvalue weighted by Gasteiger charge is -2.14. The Labute approximate surface area is 116 Å². The summed E-state index contributed by atoms with van der Waals surface area (Å²) in [5, 5.41) is 13.2. The van der Waals surface area contributed by atoms with Crippen LogP contribution in [0.25, 0.3) is 0 Å². The third-order valence-corrected chi connectivity index (χ3v) is 2.79. The summed E-state index contributed by atoms with van der Waals surface area (Å²) in [6.45, 7) is -0.0354. The molecule has 0 aromatic carbocycles. The first-order valence-electron chi connectivity index (χ1n) is 5.62. The molecule has 1 atom stereocenters. The van der Waals surface area contributed by atoms with Gasteiger partial charge >= 0.3 is 12.0 Å². The fourth-order valence-corrected chi connectivity index (χ4v) is 1.64. The molecule has 116 valence electrons. The topological polar surface area (TPSA) is 168 Å². The molecule has 0 unspecified atom stereocenters. The van der Waals surface area contributed by atoms with Crippen molar-refractivity contribution in [1.29, 1.82) is 0 Å². The number of sulfonamides is 1. The van der Waals surface area contributed by atoms with Crippen molar-refractivity contribution in [3.8, 4) is 0 Å². The number of hydrogen-bond acceptors (Lipinski definition) is 5. The minimum atomic E-state index is -3.34. The van der Waals surface area contributed by atoms with Crippen LogP contribution in [0.2, 0.25) is 0 Å². The molecule has 0 rings (SSSR count). The number of aliphatic carboxylic acids is 1. The molecule has 0 saturated carbocycles. The average molecular weight is 310 g/mol. The molecule has 0 heterocycles. The number of carboxylic acids is 1. The van der Waals surface area contributed by atoms with E-state index in [2.05, 4.69) is 15.4 Å². The number of nitrogens with one attached hydrogen (secondary N) is 3. The molecule has 0 fully saturated rings. The second-order valence-corrected chi connectivity index (χ2v) is 5.80. The summed E-state index contributed by atoms with van der Waals surface area (Å²) >= 11 is 0. The molecule has 20 heavy (non-hydrogen) atoms. The zero-order valence-electron chi connectivity index (χ0n) is 10.9. The van der Waals surface area contributed by atoms with Crippen molar-refractivity contribution in [2.45, 2.75) is 18.9 Å². The van der Waals surface area contributed by atoms with Crippen molar-refractivity contribution in [2.75, 3.05) is 19.3 Å². The van der Waals surface area contributed by atoms with Gasteiger partial charge in [-0.05, 0) is 6.42 Å². The van der Waals surface area contributed by atoms with Crippen LogP contribution in [0.4, 0.5) is 4.79 Å². The van der Waals surface area contributed by atoms with E-state index in [4.69, 9.17) is 10.8 Å². The Kier molecular flexibility index (Phi) is 7.54. The summed E-state index contributed by atoms with van der Waals surface area (Å²) in [7, 11) is -3.34. The Balaban J connectivity index is 4.07. The molecule has 0 aliphatic carbocycles. The van der Waals surface area contributed by atoms with Gasteiger partial charge in [0.1, 0.15) is 6.04 Å². The monoisotopic (exact) mass is 310 g/mol. The summed E-state index contributed by atoms with van der Waals surface area (Å²) in [5.41, 5.74) is 4.89. The van der Waals surface area contributed by atoms with E-state index in [-0.39, 0.29) is 25.9 Å². The van der Waals surface area contributed by atoms with Gasteiger partial charge in [-0.25, -0.2) is 22.7 Å². The number of hydrogen-bond donors (Lipinski definition) is 5. The Morgan fingerprint density at radius 3 is 2.30 bits per heavy atom. The second-order valence-electron chi connectivity index (χ2n) is 3.96. The maximum atomic E-state index is 11.3. The number of nitrogens with two attached hydrogens (primary N) is 1. The van der Waals surface area contributed by atoms with Gasteiger partial charge < -0.3 is 21.5 Å². The van der Waals surface area contributed by atoms with Gasteiger partial charge in [0.05, 0.1) is 6.26 Å². The molecule has 0 radical (unpaired) electrons. The highest BCUT2D eigenvalue weighted by atomic mass is 32.2. The van der Waals surface area contributed by atoms with E-state index in [9.17, 15) is 22.8 Å². The Morgan fingerprint density at radius 1 is 1.25 bits per heavy atom. The number of amides is 3. The Hall–Kier alpha value is -1.88. The highest BCUT2D eigenvalue weighted by Gasteiger charge is 2.20. The molecule has 0 bridgehead atoms. The molecule has 11 heteroatoms. The van der Waals surface area contributed by atoms with Gasteiger partial charge in [-0.1, -0.05) is 0 Å². The molecular formula is C9H18N4O6S. The van der Waals surface area contributed by atoms with Crippen molar-refractivity contribution in [1.82, 2.24) is 15.4 Å². The predicted molar refractivity (Wildman–Crippen MR) is 69.2 cm³/mol. The first-order valence-corrected chi connectivity index (χ1v) is 7.51. The highest BCUT2D eigenvalue weighted by Crippen LogP contribution is 1.97. The van der Waals surface area contributed by atoms with Crippen LogP contribution in [0.3, 0.4) is 0 Å². The first kappa shape index (κ1) is 18.1. The third-order valence-electron chi connectivity index (χ3n) is 2.06. The van der Waals surface area contributed by atoms with Crippen molar-refractivity contribution in [3.05, 3.63) is 0 Å². The molecule has 0 aromatic heterocycles. The van der Waals surface area contributed by atoms with Gasteiger partial charge in [0.2, 0.25) is 15.9 Å². The van der Waals surface area contributed by atoms with Crippen LogP contribution < -0.4 is 21.1 Å². The summed E-state index contributed by atoms with van der Waals surface area (Å²) in [5.74, 6) is -1.97. The number of carbonyl (C=O) groups excluding carboxylic acids is 2. The number of carbonyl (C=O) groups is 3. The third kappa shape index (κ3) is 10.1. The van der Waals surface area contributed by atoms with E-state index >= 15 is 0 Å². The molecule has 0 aromatic rings. The standard InChI is InChI=1S/C9H18N4O6S/c1-20(18,19)12-5-4-11-9(17)13-6(8(15)16)2-3-7(10)14/h6,12H,2-5H2,1H3,(H2,10,14)(H,15,16)(H2,11,13,17)/t6-/m0/s1. The molecule has 0 saturated heterocycles. The molecule has 3 amide bonds. The molecule has 6 N–H and O–H groups in total. The van der Waals surface area contributed by atoms with Gasteiger partial charge in [0.15, 0.2) is 0 Å². The molecule has 10 nitrogen and oxygen atoms in total. The van der Waals surface area contributed by atoms with E-state index in [1.54, 1.807) is 0 Å². The van der Waals surface area contributed by atoms with Crippen LogP contribution in [-0.4, -0.2) is 56.8 Å². The lowest BCUT2D eigenvalue weighted by atomic mass is 10.1. The summed E-state index contributed by atoms with van der Waals surface area (Å²) in [6, 6.07) is -2.03. The van der Waals surface area contributed by atoms with E-state index in [0.29, 0.717) is 0 Å². The summed E-state index contributed by atoms with van der Waals surface area (Å²) in [4.78, 5) is 32.7. The SMILES string of the molecule is CS(=O)(=O)NCCNC(=O)N[C@@H](CCC(N)=O)C(=O)O. The number of primary amides is 1. The van der Waals surface area contributed by atoms with E-state index in [1.807, 2.05) is 0 Å². The van der Waals surface area contributed by atoms with Gasteiger partial charge in [-0.15, -0.1) is 0 Å². The van der Waals surface area contributed by atoms with Crippen molar-refractivity contribution >= 4 is 27.9 Å². The quantitative estimate of drug-likeness (QED) is 0.296.